The van der Waals surface area contributed by atoms with Gasteiger partial charge < -0.3 is 15.2 Å². The lowest BCUT2D eigenvalue weighted by Gasteiger charge is -2.60. The summed E-state index contributed by atoms with van der Waals surface area (Å²) in [6.07, 6.45) is 5.33. The van der Waals surface area contributed by atoms with Crippen LogP contribution in [0.15, 0.2) is 18.2 Å². The van der Waals surface area contributed by atoms with Crippen molar-refractivity contribution in [2.45, 2.75) is 57.2 Å². The lowest BCUT2D eigenvalue weighted by atomic mass is 9.51. The van der Waals surface area contributed by atoms with E-state index in [4.69, 9.17) is 4.74 Å². The quantitative estimate of drug-likeness (QED) is 0.867. The van der Waals surface area contributed by atoms with Crippen LogP contribution in [0.1, 0.15) is 50.8 Å². The summed E-state index contributed by atoms with van der Waals surface area (Å²) in [5.74, 6) is 0.662. The fraction of sp³-hybridized carbons (Fsp3) is 0.688. The zero-order chi connectivity index (χ0) is 14.2. The van der Waals surface area contributed by atoms with Gasteiger partial charge >= 0.3 is 0 Å². The Labute approximate surface area is 120 Å². The van der Waals surface area contributed by atoms with Crippen LogP contribution in [0.5, 0.6) is 5.88 Å². The van der Waals surface area contributed by atoms with E-state index in [-0.39, 0.29) is 17.6 Å². The first-order valence-electron chi connectivity index (χ1n) is 7.64. The van der Waals surface area contributed by atoms with Gasteiger partial charge in [-0.2, -0.15) is 0 Å². The molecule has 4 nitrogen and oxygen atoms in total. The highest BCUT2D eigenvalue weighted by molar-refractivity contribution is 5.20. The molecule has 0 aliphatic heterocycles. The number of aliphatic hydroxyl groups is 1. The van der Waals surface area contributed by atoms with Crippen molar-refractivity contribution in [3.63, 3.8) is 0 Å². The summed E-state index contributed by atoms with van der Waals surface area (Å²) < 4.78 is 5.21. The topological polar surface area (TPSA) is 54.4 Å². The molecule has 4 heteroatoms. The minimum atomic E-state index is -0.107. The fourth-order valence-corrected chi connectivity index (χ4v) is 3.66. The Bertz CT molecular complexity index is 473. The number of ether oxygens (including phenoxy) is 1. The summed E-state index contributed by atoms with van der Waals surface area (Å²) >= 11 is 0. The molecule has 3 rings (SSSR count). The van der Waals surface area contributed by atoms with E-state index in [2.05, 4.69) is 17.2 Å². The summed E-state index contributed by atoms with van der Waals surface area (Å²) in [5.41, 5.74) is 1.19. The third kappa shape index (κ3) is 2.11. The minimum Gasteiger partial charge on any atom is -0.481 e. The Morgan fingerprint density at radius 3 is 2.85 bits per heavy atom. The number of nitrogens with zero attached hydrogens (tertiary/aromatic N) is 1. The number of pyridine rings is 1. The van der Waals surface area contributed by atoms with E-state index in [9.17, 15) is 5.11 Å². The molecule has 2 saturated carbocycles. The molecule has 2 fully saturated rings. The van der Waals surface area contributed by atoms with Crippen molar-refractivity contribution in [2.24, 2.45) is 5.41 Å². The van der Waals surface area contributed by atoms with Crippen LogP contribution in [0.2, 0.25) is 0 Å². The lowest BCUT2D eigenvalue weighted by molar-refractivity contribution is -0.147. The van der Waals surface area contributed by atoms with Crippen molar-refractivity contribution in [3.8, 4) is 5.88 Å². The molecule has 1 aromatic rings. The molecule has 3 unspecified atom stereocenters. The predicted octanol–water partition coefficient (Wildman–Crippen LogP) is 2.43. The summed E-state index contributed by atoms with van der Waals surface area (Å²) in [5, 5.41) is 13.8. The van der Waals surface area contributed by atoms with E-state index in [1.807, 2.05) is 18.2 Å². The van der Waals surface area contributed by atoms with E-state index in [0.29, 0.717) is 11.9 Å². The number of aromatic nitrogens is 1. The zero-order valence-corrected chi connectivity index (χ0v) is 12.3. The van der Waals surface area contributed by atoms with Crippen LogP contribution >= 0.6 is 0 Å². The molecule has 0 saturated heterocycles. The molecule has 2 N–H and O–H groups in total. The summed E-state index contributed by atoms with van der Waals surface area (Å²) in [7, 11) is 1.64. The van der Waals surface area contributed by atoms with Crippen molar-refractivity contribution in [1.29, 1.82) is 0 Å². The highest BCUT2D eigenvalue weighted by atomic mass is 16.5. The van der Waals surface area contributed by atoms with Crippen molar-refractivity contribution in [2.75, 3.05) is 7.11 Å². The predicted molar refractivity (Wildman–Crippen MR) is 77.7 cm³/mol. The van der Waals surface area contributed by atoms with Gasteiger partial charge in [0.05, 0.1) is 18.9 Å². The van der Waals surface area contributed by atoms with Gasteiger partial charge in [-0.3, -0.25) is 0 Å². The van der Waals surface area contributed by atoms with Gasteiger partial charge in [0.15, 0.2) is 0 Å². The maximum Gasteiger partial charge on any atom is 0.213 e. The first-order chi connectivity index (χ1) is 9.69. The van der Waals surface area contributed by atoms with Gasteiger partial charge in [-0.05, 0) is 31.7 Å². The molecular weight excluding hydrogens is 252 g/mol. The standard InChI is InChI=1S/C16H24N2O2/c1-3-11(12-6-4-7-15(18-12)20-2)17-13-10-14(19)16(13)8-5-9-16/h4,6-7,11,13-14,17,19H,3,5,8-10H2,1-2H3. The van der Waals surface area contributed by atoms with Crippen LogP contribution in [-0.4, -0.2) is 29.3 Å². The fourth-order valence-electron chi connectivity index (χ4n) is 3.66. The minimum absolute atomic E-state index is 0.107. The van der Waals surface area contributed by atoms with E-state index in [1.165, 1.54) is 6.42 Å². The monoisotopic (exact) mass is 276 g/mol. The number of aliphatic hydroxyl groups excluding tert-OH is 1. The SMILES string of the molecule is CCC(NC1CC(O)C12CCC2)c1cccc(OC)n1. The third-order valence-electron chi connectivity index (χ3n) is 5.22. The van der Waals surface area contributed by atoms with Gasteiger partial charge in [-0.15, -0.1) is 0 Å². The molecule has 0 bridgehead atoms. The van der Waals surface area contributed by atoms with Gasteiger partial charge in [0.2, 0.25) is 5.88 Å². The Morgan fingerprint density at radius 2 is 2.30 bits per heavy atom. The molecule has 0 amide bonds. The van der Waals surface area contributed by atoms with Crippen LogP contribution < -0.4 is 10.1 Å². The van der Waals surface area contributed by atoms with E-state index in [0.717, 1.165) is 31.4 Å². The Morgan fingerprint density at radius 1 is 1.50 bits per heavy atom. The normalized spacial score (nSPS) is 28.6. The molecule has 2 aliphatic rings. The van der Waals surface area contributed by atoms with Crippen LogP contribution in [-0.2, 0) is 0 Å². The van der Waals surface area contributed by atoms with Gasteiger partial charge in [-0.1, -0.05) is 19.4 Å². The number of hydrogen-bond donors (Lipinski definition) is 2. The second-order valence-electron chi connectivity index (χ2n) is 6.12. The number of nitrogens with one attached hydrogen (secondary N) is 1. The summed E-state index contributed by atoms with van der Waals surface area (Å²) in [4.78, 5) is 4.54. The maximum absolute atomic E-state index is 10.1. The van der Waals surface area contributed by atoms with Crippen LogP contribution in [0.3, 0.4) is 0 Å². The van der Waals surface area contributed by atoms with Crippen molar-refractivity contribution in [3.05, 3.63) is 23.9 Å². The summed E-state index contributed by atoms with van der Waals surface area (Å²) in [6.45, 7) is 2.17. The highest BCUT2D eigenvalue weighted by Gasteiger charge is 2.57. The van der Waals surface area contributed by atoms with E-state index in [1.54, 1.807) is 7.11 Å². The van der Waals surface area contributed by atoms with Crippen LogP contribution in [0, 0.1) is 5.41 Å². The van der Waals surface area contributed by atoms with Crippen molar-refractivity contribution < 1.29 is 9.84 Å². The average Bonchev–Trinajstić information content (AvgIpc) is 2.41. The van der Waals surface area contributed by atoms with Gasteiger partial charge in [0.1, 0.15) is 0 Å². The summed E-state index contributed by atoms with van der Waals surface area (Å²) in [6, 6.07) is 6.58. The third-order valence-corrected chi connectivity index (χ3v) is 5.22. The van der Waals surface area contributed by atoms with E-state index >= 15 is 0 Å². The molecule has 110 valence electrons. The highest BCUT2D eigenvalue weighted by Crippen LogP contribution is 2.56. The van der Waals surface area contributed by atoms with E-state index < -0.39 is 0 Å². The molecule has 0 aromatic carbocycles. The van der Waals surface area contributed by atoms with Gasteiger partial charge in [0, 0.05) is 23.6 Å². The van der Waals surface area contributed by atoms with Crippen molar-refractivity contribution in [1.82, 2.24) is 10.3 Å². The molecule has 1 spiro atoms. The van der Waals surface area contributed by atoms with Crippen LogP contribution in [0.4, 0.5) is 0 Å². The number of hydrogen-bond acceptors (Lipinski definition) is 4. The maximum atomic E-state index is 10.1. The number of methoxy groups -OCH3 is 1. The molecule has 0 radical (unpaired) electrons. The second kappa shape index (κ2) is 5.34. The molecule has 2 aliphatic carbocycles. The Balaban J connectivity index is 1.71. The second-order valence-corrected chi connectivity index (χ2v) is 6.12. The molecule has 3 atom stereocenters. The molecule has 20 heavy (non-hydrogen) atoms. The number of rotatable bonds is 5. The average molecular weight is 276 g/mol. The van der Waals surface area contributed by atoms with Gasteiger partial charge in [0.25, 0.3) is 0 Å². The zero-order valence-electron chi connectivity index (χ0n) is 12.3. The van der Waals surface area contributed by atoms with Crippen LogP contribution in [0.25, 0.3) is 0 Å². The first-order valence-corrected chi connectivity index (χ1v) is 7.64. The molecular formula is C16H24N2O2. The Hall–Kier alpha value is -1.13. The Kier molecular flexibility index (Phi) is 3.69. The first kappa shape index (κ1) is 13.8. The lowest BCUT2D eigenvalue weighted by Crippen LogP contribution is -2.66. The molecule has 1 heterocycles. The van der Waals surface area contributed by atoms with Gasteiger partial charge in [-0.25, -0.2) is 4.98 Å². The van der Waals surface area contributed by atoms with Crippen molar-refractivity contribution >= 4 is 0 Å². The smallest absolute Gasteiger partial charge is 0.213 e. The largest absolute Gasteiger partial charge is 0.481 e. The molecule has 1 aromatic heterocycles.